The largest absolute Gasteiger partial charge is 0.326 e. The van der Waals surface area contributed by atoms with E-state index in [0.29, 0.717) is 25.1 Å². The Morgan fingerprint density at radius 2 is 1.92 bits per heavy atom. The highest BCUT2D eigenvalue weighted by molar-refractivity contribution is 9.10. The Hall–Kier alpha value is -1.70. The summed E-state index contributed by atoms with van der Waals surface area (Å²) in [5.74, 6) is -0.505. The van der Waals surface area contributed by atoms with Gasteiger partial charge in [-0.05, 0) is 50.1 Å². The van der Waals surface area contributed by atoms with E-state index in [-0.39, 0.29) is 23.3 Å². The number of piperidine rings is 1. The molecule has 5 nitrogen and oxygen atoms in total. The molecule has 1 fully saturated rings. The van der Waals surface area contributed by atoms with E-state index >= 15 is 0 Å². The number of hydrogen-bond acceptors (Lipinski definition) is 3. The van der Waals surface area contributed by atoms with E-state index in [0.717, 1.165) is 10.0 Å². The molecule has 0 aliphatic carbocycles. The normalized spacial score (nSPS) is 18.5. The summed E-state index contributed by atoms with van der Waals surface area (Å²) in [6.07, 6.45) is 1.35. The Balaban J connectivity index is 1.72. The van der Waals surface area contributed by atoms with Crippen molar-refractivity contribution in [2.45, 2.75) is 24.7 Å². The second-order valence-electron chi connectivity index (χ2n) is 6.51. The number of carbonyl (C=O) groups is 1. The molecule has 26 heavy (non-hydrogen) atoms. The van der Waals surface area contributed by atoms with Crippen molar-refractivity contribution in [3.8, 4) is 0 Å². The molecule has 1 heterocycles. The van der Waals surface area contributed by atoms with E-state index < -0.39 is 10.0 Å². The zero-order valence-corrected chi connectivity index (χ0v) is 16.9. The smallest absolute Gasteiger partial charge is 0.243 e. The molecule has 1 aliphatic rings. The van der Waals surface area contributed by atoms with Crippen LogP contribution in [0.2, 0.25) is 0 Å². The molecule has 3 rings (SSSR count). The molecule has 1 aliphatic heterocycles. The third-order valence-corrected chi connectivity index (χ3v) is 6.88. The average molecular weight is 437 g/mol. The maximum Gasteiger partial charge on any atom is 0.243 e. The fourth-order valence-corrected chi connectivity index (χ4v) is 4.97. The minimum absolute atomic E-state index is 0.146. The predicted molar refractivity (Wildman–Crippen MR) is 105 cm³/mol. The standard InChI is InChI=1S/C19H21BrN2O3S/c1-14-7-9-18(10-8-14)26(24,25)22-11-3-4-15(13-22)19(23)21-17-6-2-5-16(20)12-17/h2,5-10,12,15H,3-4,11,13H2,1H3,(H,21,23). The number of nitrogens with one attached hydrogen (secondary N) is 1. The van der Waals surface area contributed by atoms with Gasteiger partial charge in [-0.2, -0.15) is 4.31 Å². The molecule has 1 amide bonds. The monoisotopic (exact) mass is 436 g/mol. The molecule has 1 atom stereocenters. The van der Waals surface area contributed by atoms with E-state index in [1.807, 2.05) is 31.2 Å². The zero-order valence-electron chi connectivity index (χ0n) is 14.5. The summed E-state index contributed by atoms with van der Waals surface area (Å²) in [4.78, 5) is 12.9. The molecule has 1 unspecified atom stereocenters. The topological polar surface area (TPSA) is 66.5 Å². The number of nitrogens with zero attached hydrogens (tertiary/aromatic N) is 1. The van der Waals surface area contributed by atoms with Gasteiger partial charge in [-0.25, -0.2) is 8.42 Å². The number of benzene rings is 2. The van der Waals surface area contributed by atoms with Crippen molar-refractivity contribution in [3.63, 3.8) is 0 Å². The van der Waals surface area contributed by atoms with Gasteiger partial charge in [-0.3, -0.25) is 4.79 Å². The Morgan fingerprint density at radius 3 is 2.62 bits per heavy atom. The number of hydrogen-bond donors (Lipinski definition) is 1. The maximum absolute atomic E-state index is 12.9. The van der Waals surface area contributed by atoms with Crippen LogP contribution in [0, 0.1) is 12.8 Å². The van der Waals surface area contributed by atoms with Crippen molar-refractivity contribution >= 4 is 37.5 Å². The Labute approximate surface area is 162 Å². The number of halogens is 1. The zero-order chi connectivity index (χ0) is 18.7. The summed E-state index contributed by atoms with van der Waals surface area (Å²) in [6, 6.07) is 14.2. The highest BCUT2D eigenvalue weighted by Gasteiger charge is 2.33. The first-order chi connectivity index (χ1) is 12.4. The Morgan fingerprint density at radius 1 is 1.19 bits per heavy atom. The van der Waals surface area contributed by atoms with Gasteiger partial charge in [0.15, 0.2) is 0 Å². The summed E-state index contributed by atoms with van der Waals surface area (Å²) in [5, 5.41) is 2.88. The molecule has 0 saturated carbocycles. The van der Waals surface area contributed by atoms with Gasteiger partial charge in [0.1, 0.15) is 0 Å². The van der Waals surface area contributed by atoms with E-state index in [9.17, 15) is 13.2 Å². The minimum Gasteiger partial charge on any atom is -0.326 e. The molecule has 0 radical (unpaired) electrons. The first kappa shape index (κ1) is 19.1. The molecule has 0 spiro atoms. The quantitative estimate of drug-likeness (QED) is 0.792. The van der Waals surface area contributed by atoms with Gasteiger partial charge in [0, 0.05) is 23.2 Å². The SMILES string of the molecule is Cc1ccc(S(=O)(=O)N2CCCC(C(=O)Nc3cccc(Br)c3)C2)cc1. The van der Waals surface area contributed by atoms with Crippen LogP contribution in [-0.2, 0) is 14.8 Å². The summed E-state index contributed by atoms with van der Waals surface area (Å²) in [7, 11) is -3.58. The molecular weight excluding hydrogens is 416 g/mol. The lowest BCUT2D eigenvalue weighted by Crippen LogP contribution is -2.43. The number of sulfonamides is 1. The number of rotatable bonds is 4. The Bertz CT molecular complexity index is 897. The minimum atomic E-state index is -3.58. The van der Waals surface area contributed by atoms with E-state index in [2.05, 4.69) is 21.2 Å². The molecule has 2 aromatic carbocycles. The fraction of sp³-hybridized carbons (Fsp3) is 0.316. The summed E-state index contributed by atoms with van der Waals surface area (Å²) < 4.78 is 28.0. The second-order valence-corrected chi connectivity index (χ2v) is 9.37. The fourth-order valence-electron chi connectivity index (χ4n) is 3.04. The van der Waals surface area contributed by atoms with Crippen LogP contribution in [-0.4, -0.2) is 31.7 Å². The average Bonchev–Trinajstić information content (AvgIpc) is 2.62. The van der Waals surface area contributed by atoms with Crippen LogP contribution in [0.15, 0.2) is 57.9 Å². The van der Waals surface area contributed by atoms with Gasteiger partial charge in [0.25, 0.3) is 0 Å². The van der Waals surface area contributed by atoms with Gasteiger partial charge < -0.3 is 5.32 Å². The third-order valence-electron chi connectivity index (χ3n) is 4.51. The van der Waals surface area contributed by atoms with Crippen LogP contribution in [0.25, 0.3) is 0 Å². The summed E-state index contributed by atoms with van der Waals surface area (Å²) in [6.45, 7) is 2.56. The summed E-state index contributed by atoms with van der Waals surface area (Å²) in [5.41, 5.74) is 1.71. The van der Waals surface area contributed by atoms with Crippen molar-refractivity contribution in [1.29, 1.82) is 0 Å². The van der Waals surface area contributed by atoms with Crippen molar-refractivity contribution in [2.24, 2.45) is 5.92 Å². The van der Waals surface area contributed by atoms with E-state index in [4.69, 9.17) is 0 Å². The van der Waals surface area contributed by atoms with Crippen molar-refractivity contribution in [3.05, 3.63) is 58.6 Å². The molecule has 1 saturated heterocycles. The van der Waals surface area contributed by atoms with E-state index in [1.165, 1.54) is 4.31 Å². The van der Waals surface area contributed by atoms with Gasteiger partial charge in [0.2, 0.25) is 15.9 Å². The lowest BCUT2D eigenvalue weighted by molar-refractivity contribution is -0.120. The number of amides is 1. The van der Waals surface area contributed by atoms with Crippen molar-refractivity contribution in [1.82, 2.24) is 4.31 Å². The molecule has 7 heteroatoms. The van der Waals surface area contributed by atoms with E-state index in [1.54, 1.807) is 24.3 Å². The number of aryl methyl sites for hydroxylation is 1. The summed E-state index contributed by atoms with van der Waals surface area (Å²) >= 11 is 3.38. The molecule has 138 valence electrons. The van der Waals surface area contributed by atoms with Crippen LogP contribution in [0.1, 0.15) is 18.4 Å². The highest BCUT2D eigenvalue weighted by atomic mass is 79.9. The van der Waals surface area contributed by atoms with Crippen LogP contribution in [0.3, 0.4) is 0 Å². The third kappa shape index (κ3) is 4.34. The Kier molecular flexibility index (Phi) is 5.79. The maximum atomic E-state index is 12.9. The van der Waals surface area contributed by atoms with Gasteiger partial charge in [0.05, 0.1) is 10.8 Å². The lowest BCUT2D eigenvalue weighted by Gasteiger charge is -2.31. The highest BCUT2D eigenvalue weighted by Crippen LogP contribution is 2.25. The molecular formula is C19H21BrN2O3S. The van der Waals surface area contributed by atoms with Crippen LogP contribution < -0.4 is 5.32 Å². The predicted octanol–water partition coefficient (Wildman–Crippen LogP) is 3.80. The first-order valence-corrected chi connectivity index (χ1v) is 10.7. The van der Waals surface area contributed by atoms with Gasteiger partial charge in [-0.1, -0.05) is 39.7 Å². The van der Waals surface area contributed by atoms with Crippen molar-refractivity contribution in [2.75, 3.05) is 18.4 Å². The van der Waals surface area contributed by atoms with Crippen LogP contribution >= 0.6 is 15.9 Å². The van der Waals surface area contributed by atoms with Gasteiger partial charge >= 0.3 is 0 Å². The van der Waals surface area contributed by atoms with Crippen LogP contribution in [0.4, 0.5) is 5.69 Å². The molecule has 0 bridgehead atoms. The molecule has 1 N–H and O–H groups in total. The van der Waals surface area contributed by atoms with Crippen LogP contribution in [0.5, 0.6) is 0 Å². The second kappa shape index (κ2) is 7.90. The van der Waals surface area contributed by atoms with Crippen molar-refractivity contribution < 1.29 is 13.2 Å². The molecule has 2 aromatic rings. The molecule has 0 aromatic heterocycles. The first-order valence-electron chi connectivity index (χ1n) is 8.49. The van der Waals surface area contributed by atoms with Gasteiger partial charge in [-0.15, -0.1) is 0 Å². The number of carbonyl (C=O) groups excluding carboxylic acids is 1. The lowest BCUT2D eigenvalue weighted by atomic mass is 9.99. The number of anilines is 1.